The third-order valence-corrected chi connectivity index (χ3v) is 7.17. The number of hydrogen-bond acceptors (Lipinski definition) is 6. The van der Waals surface area contributed by atoms with Crippen LogP contribution >= 0.6 is 11.3 Å². The van der Waals surface area contributed by atoms with Crippen molar-refractivity contribution in [3.05, 3.63) is 83.6 Å². The molecule has 0 bridgehead atoms. The number of thiophene rings is 1. The second-order valence-electron chi connectivity index (χ2n) is 6.55. The van der Waals surface area contributed by atoms with Crippen molar-refractivity contribution in [3.8, 4) is 17.2 Å². The molecular formula is C22H20N2O4S2. The highest BCUT2D eigenvalue weighted by Crippen LogP contribution is 2.23. The van der Waals surface area contributed by atoms with E-state index in [4.69, 9.17) is 9.15 Å². The number of nitrogens with one attached hydrogen (secondary N) is 1. The van der Waals surface area contributed by atoms with Gasteiger partial charge in [-0.3, -0.25) is 4.72 Å². The molecule has 0 atom stereocenters. The molecule has 2 heterocycles. The van der Waals surface area contributed by atoms with E-state index in [1.807, 2.05) is 37.3 Å². The fraction of sp³-hybridized carbons (Fsp3) is 0.136. The molecule has 0 aliphatic carbocycles. The van der Waals surface area contributed by atoms with Crippen LogP contribution in [0.4, 0.5) is 5.69 Å². The summed E-state index contributed by atoms with van der Waals surface area (Å²) in [6, 6.07) is 19.9. The Labute approximate surface area is 179 Å². The molecule has 0 aliphatic heterocycles. The predicted octanol–water partition coefficient (Wildman–Crippen LogP) is 5.13. The molecule has 4 rings (SSSR count). The van der Waals surface area contributed by atoms with E-state index in [-0.39, 0.29) is 4.21 Å². The number of sulfonamides is 1. The highest BCUT2D eigenvalue weighted by molar-refractivity contribution is 7.94. The van der Waals surface area contributed by atoms with Crippen LogP contribution in [0.1, 0.15) is 11.5 Å². The van der Waals surface area contributed by atoms with E-state index in [0.717, 1.165) is 17.0 Å². The number of aryl methyl sites for hydroxylation is 1. The maximum atomic E-state index is 12.3. The highest BCUT2D eigenvalue weighted by atomic mass is 32.2. The lowest BCUT2D eigenvalue weighted by Crippen LogP contribution is -2.11. The summed E-state index contributed by atoms with van der Waals surface area (Å²) in [5.41, 5.74) is 2.28. The van der Waals surface area contributed by atoms with Gasteiger partial charge in [0.05, 0.1) is 12.3 Å². The maximum absolute atomic E-state index is 12.3. The number of anilines is 1. The number of hydrogen-bond donors (Lipinski definition) is 1. The van der Waals surface area contributed by atoms with Gasteiger partial charge in [-0.15, -0.1) is 11.3 Å². The first-order chi connectivity index (χ1) is 14.5. The van der Waals surface area contributed by atoms with Crippen LogP contribution in [0, 0.1) is 6.92 Å². The number of benzene rings is 2. The molecule has 30 heavy (non-hydrogen) atoms. The number of aromatic nitrogens is 1. The summed E-state index contributed by atoms with van der Waals surface area (Å²) in [6.45, 7) is 2.32. The van der Waals surface area contributed by atoms with Crippen LogP contribution in [-0.2, 0) is 16.4 Å². The van der Waals surface area contributed by atoms with Crippen LogP contribution in [0.5, 0.6) is 5.75 Å². The summed E-state index contributed by atoms with van der Waals surface area (Å²) in [4.78, 5) is 4.57. The minimum Gasteiger partial charge on any atom is -0.493 e. The average Bonchev–Trinajstić information content (AvgIpc) is 3.41. The molecule has 0 saturated carbocycles. The van der Waals surface area contributed by atoms with E-state index in [2.05, 4.69) is 9.71 Å². The maximum Gasteiger partial charge on any atom is 0.271 e. The molecular weight excluding hydrogens is 420 g/mol. The monoisotopic (exact) mass is 440 g/mol. The summed E-state index contributed by atoms with van der Waals surface area (Å²) < 4.78 is 38.9. The zero-order valence-electron chi connectivity index (χ0n) is 16.2. The Balaban J connectivity index is 1.33. The summed E-state index contributed by atoms with van der Waals surface area (Å²) in [6.07, 6.45) is 0.606. The van der Waals surface area contributed by atoms with Crippen LogP contribution in [0.3, 0.4) is 0 Å². The first-order valence-corrected chi connectivity index (χ1v) is 11.7. The van der Waals surface area contributed by atoms with Gasteiger partial charge in [0.2, 0.25) is 5.89 Å². The van der Waals surface area contributed by atoms with Crippen LogP contribution in [0.25, 0.3) is 11.5 Å². The fourth-order valence-corrected chi connectivity index (χ4v) is 4.92. The molecule has 8 heteroatoms. The van der Waals surface area contributed by atoms with Crippen LogP contribution in [-0.4, -0.2) is 20.0 Å². The van der Waals surface area contributed by atoms with Crippen molar-refractivity contribution in [2.24, 2.45) is 0 Å². The molecule has 2 aromatic heterocycles. The lowest BCUT2D eigenvalue weighted by atomic mass is 10.2. The van der Waals surface area contributed by atoms with Gasteiger partial charge >= 0.3 is 0 Å². The first kappa shape index (κ1) is 20.2. The largest absolute Gasteiger partial charge is 0.493 e. The SMILES string of the molecule is Cc1oc(-c2ccccc2)nc1CCOc1ccc(NS(=O)(=O)c2cccs2)cc1. The molecule has 0 saturated heterocycles. The quantitative estimate of drug-likeness (QED) is 0.411. The van der Waals surface area contributed by atoms with E-state index < -0.39 is 10.0 Å². The van der Waals surface area contributed by atoms with Crippen LogP contribution < -0.4 is 9.46 Å². The summed E-state index contributed by atoms with van der Waals surface area (Å²) in [5.74, 6) is 2.03. The summed E-state index contributed by atoms with van der Waals surface area (Å²) in [7, 11) is -3.55. The van der Waals surface area contributed by atoms with Crippen molar-refractivity contribution in [2.45, 2.75) is 17.6 Å². The molecule has 4 aromatic rings. The molecule has 154 valence electrons. The van der Waals surface area contributed by atoms with E-state index in [1.54, 1.807) is 41.8 Å². The van der Waals surface area contributed by atoms with Crippen LogP contribution in [0.2, 0.25) is 0 Å². The number of rotatable bonds is 8. The van der Waals surface area contributed by atoms with Crippen molar-refractivity contribution in [2.75, 3.05) is 11.3 Å². The van der Waals surface area contributed by atoms with Gasteiger partial charge in [-0.2, -0.15) is 0 Å². The molecule has 1 N–H and O–H groups in total. The van der Waals surface area contributed by atoms with Gasteiger partial charge in [-0.1, -0.05) is 24.3 Å². The zero-order valence-corrected chi connectivity index (χ0v) is 17.9. The molecule has 0 amide bonds. The van der Waals surface area contributed by atoms with Gasteiger partial charge in [-0.25, -0.2) is 13.4 Å². The molecule has 0 unspecified atom stereocenters. The summed E-state index contributed by atoms with van der Waals surface area (Å²) in [5, 5.41) is 1.73. The molecule has 0 aliphatic rings. The normalized spacial score (nSPS) is 11.4. The highest BCUT2D eigenvalue weighted by Gasteiger charge is 2.15. The molecule has 0 spiro atoms. The van der Waals surface area contributed by atoms with Gasteiger partial charge in [0.1, 0.15) is 15.7 Å². The average molecular weight is 441 g/mol. The molecule has 6 nitrogen and oxygen atoms in total. The Morgan fingerprint density at radius 2 is 1.80 bits per heavy atom. The lowest BCUT2D eigenvalue weighted by molar-refractivity contribution is 0.320. The van der Waals surface area contributed by atoms with E-state index in [1.165, 1.54) is 11.3 Å². The van der Waals surface area contributed by atoms with Gasteiger partial charge < -0.3 is 9.15 Å². The standard InChI is InChI=1S/C22H20N2O4S2/c1-16-20(23-22(28-16)17-6-3-2-4-7-17)13-14-27-19-11-9-18(10-12-19)24-30(25,26)21-8-5-15-29-21/h2-12,15,24H,13-14H2,1H3. The Morgan fingerprint density at radius 1 is 1.03 bits per heavy atom. The third-order valence-electron chi connectivity index (χ3n) is 4.39. The van der Waals surface area contributed by atoms with Gasteiger partial charge in [-0.05, 0) is 54.8 Å². The number of nitrogens with zero attached hydrogens (tertiary/aromatic N) is 1. The van der Waals surface area contributed by atoms with Gasteiger partial charge in [0.25, 0.3) is 10.0 Å². The van der Waals surface area contributed by atoms with Crippen molar-refractivity contribution in [1.82, 2.24) is 4.98 Å². The summed E-state index contributed by atoms with van der Waals surface area (Å²) >= 11 is 1.17. The minimum absolute atomic E-state index is 0.278. The number of oxazole rings is 1. The second-order valence-corrected chi connectivity index (χ2v) is 9.41. The number of ether oxygens (including phenoxy) is 1. The Hall–Kier alpha value is -3.10. The smallest absolute Gasteiger partial charge is 0.271 e. The van der Waals surface area contributed by atoms with E-state index in [9.17, 15) is 8.42 Å². The predicted molar refractivity (Wildman–Crippen MR) is 117 cm³/mol. The van der Waals surface area contributed by atoms with Crippen molar-refractivity contribution in [1.29, 1.82) is 0 Å². The fourth-order valence-electron chi connectivity index (χ4n) is 2.87. The molecule has 2 aromatic carbocycles. The van der Waals surface area contributed by atoms with Gasteiger partial charge in [0, 0.05) is 17.7 Å². The first-order valence-electron chi connectivity index (χ1n) is 9.32. The Kier molecular flexibility index (Phi) is 5.87. The third kappa shape index (κ3) is 4.72. The molecule has 0 fully saturated rings. The second kappa shape index (κ2) is 8.73. The van der Waals surface area contributed by atoms with Crippen molar-refractivity contribution in [3.63, 3.8) is 0 Å². The minimum atomic E-state index is -3.55. The van der Waals surface area contributed by atoms with Crippen LogP contribution in [0.15, 0.2) is 80.7 Å². The van der Waals surface area contributed by atoms with Crippen molar-refractivity contribution < 1.29 is 17.6 Å². The van der Waals surface area contributed by atoms with E-state index in [0.29, 0.717) is 30.4 Å². The lowest BCUT2D eigenvalue weighted by Gasteiger charge is -2.08. The Morgan fingerprint density at radius 3 is 2.50 bits per heavy atom. The van der Waals surface area contributed by atoms with E-state index >= 15 is 0 Å². The zero-order chi connectivity index (χ0) is 21.0. The Bertz CT molecular complexity index is 1200. The topological polar surface area (TPSA) is 81.4 Å². The van der Waals surface area contributed by atoms with Crippen molar-refractivity contribution >= 4 is 27.0 Å². The van der Waals surface area contributed by atoms with Gasteiger partial charge in [0.15, 0.2) is 0 Å². The molecule has 0 radical (unpaired) electrons.